The van der Waals surface area contributed by atoms with Crippen LogP contribution < -0.4 is 10.7 Å². The van der Waals surface area contributed by atoms with Crippen LogP contribution in [-0.4, -0.2) is 27.4 Å². The van der Waals surface area contributed by atoms with Crippen LogP contribution >= 0.6 is 11.6 Å². The van der Waals surface area contributed by atoms with E-state index in [2.05, 4.69) is 20.8 Å². The summed E-state index contributed by atoms with van der Waals surface area (Å²) in [5, 5.41) is 18.0. The number of aryl methyl sites for hydroxylation is 2. The monoisotopic (exact) mass is 481 g/mol. The van der Waals surface area contributed by atoms with E-state index in [4.69, 9.17) is 16.0 Å². The summed E-state index contributed by atoms with van der Waals surface area (Å²) < 4.78 is 5.86. The Kier molecular flexibility index (Phi) is 6.42. The Morgan fingerprint density at radius 3 is 2.71 bits per heavy atom. The first-order valence-corrected chi connectivity index (χ1v) is 10.8. The minimum absolute atomic E-state index is 0.0473. The molecule has 0 saturated carbocycles. The Morgan fingerprint density at radius 2 is 1.97 bits per heavy atom. The zero-order valence-corrected chi connectivity index (χ0v) is 19.1. The fraction of sp³-hybridized carbons (Fsp3) is 0.217. The van der Waals surface area contributed by atoms with Crippen LogP contribution in [0, 0.1) is 24.0 Å². The standard InChI is InChI=1S/C23H20ClN5O5/c1-12-5-3-8-19(25-12)26-23(31)21-13(2)20-16(6-4-7-18(20)34-21)27-28-22(30)14-9-10-15(24)17(11-14)29(32)33/h3,5,8-11H,4,6-7H2,1-2H3,(H,28,30)(H,25,26,31)/b27-16+. The van der Waals surface area contributed by atoms with E-state index in [1.807, 2.05) is 13.0 Å². The van der Waals surface area contributed by atoms with Gasteiger partial charge in [-0.3, -0.25) is 19.7 Å². The van der Waals surface area contributed by atoms with E-state index >= 15 is 0 Å². The van der Waals surface area contributed by atoms with Crippen LogP contribution in [-0.2, 0) is 6.42 Å². The summed E-state index contributed by atoms with van der Waals surface area (Å²) in [4.78, 5) is 40.0. The highest BCUT2D eigenvalue weighted by atomic mass is 35.5. The Hall–Kier alpha value is -4.05. The molecule has 0 aliphatic heterocycles. The minimum atomic E-state index is -0.661. The van der Waals surface area contributed by atoms with Crippen LogP contribution in [0.4, 0.5) is 11.5 Å². The third-order valence-corrected chi connectivity index (χ3v) is 5.68. The largest absolute Gasteiger partial charge is 0.455 e. The molecule has 0 atom stereocenters. The van der Waals surface area contributed by atoms with Crippen molar-refractivity contribution in [2.24, 2.45) is 5.10 Å². The van der Waals surface area contributed by atoms with Crippen molar-refractivity contribution in [2.45, 2.75) is 33.1 Å². The molecule has 0 saturated heterocycles. The molecule has 2 N–H and O–H groups in total. The summed E-state index contributed by atoms with van der Waals surface area (Å²) in [5.41, 5.74) is 4.73. The molecule has 174 valence electrons. The minimum Gasteiger partial charge on any atom is -0.455 e. The van der Waals surface area contributed by atoms with Gasteiger partial charge in [0, 0.05) is 34.9 Å². The summed E-state index contributed by atoms with van der Waals surface area (Å²) in [7, 11) is 0. The smallest absolute Gasteiger partial charge is 0.292 e. The highest BCUT2D eigenvalue weighted by Gasteiger charge is 2.28. The molecule has 10 nitrogen and oxygen atoms in total. The number of benzene rings is 1. The molecule has 4 rings (SSSR count). The molecule has 1 aliphatic carbocycles. The number of hydrogen-bond acceptors (Lipinski definition) is 7. The van der Waals surface area contributed by atoms with E-state index in [0.29, 0.717) is 41.3 Å². The Bertz CT molecular complexity index is 1350. The van der Waals surface area contributed by atoms with Gasteiger partial charge in [-0.25, -0.2) is 10.4 Å². The number of pyridine rings is 1. The number of nitro groups is 1. The molecule has 34 heavy (non-hydrogen) atoms. The van der Waals surface area contributed by atoms with Gasteiger partial charge in [-0.1, -0.05) is 17.7 Å². The second-order valence-electron chi connectivity index (χ2n) is 7.75. The Balaban J connectivity index is 1.57. The number of halogens is 1. The van der Waals surface area contributed by atoms with Gasteiger partial charge in [-0.15, -0.1) is 0 Å². The molecule has 2 heterocycles. The Labute approximate surface area is 199 Å². The quantitative estimate of drug-likeness (QED) is 0.404. The maximum atomic E-state index is 12.8. The van der Waals surface area contributed by atoms with Crippen LogP contribution in [0.1, 0.15) is 56.3 Å². The van der Waals surface area contributed by atoms with Crippen LogP contribution in [0.15, 0.2) is 45.9 Å². The number of aromatic nitrogens is 1. The van der Waals surface area contributed by atoms with E-state index in [0.717, 1.165) is 18.2 Å². The van der Waals surface area contributed by atoms with E-state index in [-0.39, 0.29) is 22.0 Å². The molecule has 1 aliphatic rings. The lowest BCUT2D eigenvalue weighted by molar-refractivity contribution is -0.384. The number of nitrogens with one attached hydrogen (secondary N) is 2. The first kappa shape index (κ1) is 23.1. The molecule has 2 amide bonds. The van der Waals surface area contributed by atoms with Gasteiger partial charge in [0.15, 0.2) is 5.76 Å². The summed E-state index contributed by atoms with van der Waals surface area (Å²) >= 11 is 5.81. The molecule has 1 aromatic carbocycles. The first-order valence-electron chi connectivity index (χ1n) is 10.4. The third kappa shape index (κ3) is 4.67. The predicted molar refractivity (Wildman–Crippen MR) is 125 cm³/mol. The number of amides is 2. The number of rotatable bonds is 5. The van der Waals surface area contributed by atoms with Gasteiger partial charge < -0.3 is 9.73 Å². The molecule has 0 radical (unpaired) electrons. The number of hydrazone groups is 1. The second kappa shape index (κ2) is 9.44. The number of fused-ring (bicyclic) bond motifs is 1. The lowest BCUT2D eigenvalue weighted by atomic mass is 9.93. The molecule has 2 aromatic heterocycles. The number of hydrogen-bond donors (Lipinski definition) is 2. The molecule has 0 unspecified atom stereocenters. The van der Waals surface area contributed by atoms with Crippen molar-refractivity contribution >= 4 is 40.6 Å². The van der Waals surface area contributed by atoms with Crippen LogP contribution in [0.25, 0.3) is 0 Å². The summed E-state index contributed by atoms with van der Waals surface area (Å²) in [6.07, 6.45) is 1.92. The number of nitro benzene ring substituents is 1. The number of carbonyl (C=O) groups excluding carboxylic acids is 2. The fourth-order valence-electron chi connectivity index (χ4n) is 3.76. The molecule has 0 fully saturated rings. The van der Waals surface area contributed by atoms with E-state index in [9.17, 15) is 19.7 Å². The summed E-state index contributed by atoms with van der Waals surface area (Å²) in [6, 6.07) is 9.06. The molecule has 3 aromatic rings. The van der Waals surface area contributed by atoms with Gasteiger partial charge in [0.2, 0.25) is 0 Å². The average Bonchev–Trinajstić information content (AvgIpc) is 3.15. The van der Waals surface area contributed by atoms with Crippen LogP contribution in [0.2, 0.25) is 5.02 Å². The topological polar surface area (TPSA) is 140 Å². The number of anilines is 1. The van der Waals surface area contributed by atoms with Gasteiger partial charge in [-0.05, 0) is 51.0 Å². The van der Waals surface area contributed by atoms with Crippen molar-refractivity contribution in [3.63, 3.8) is 0 Å². The van der Waals surface area contributed by atoms with Gasteiger partial charge in [0.1, 0.15) is 16.6 Å². The van der Waals surface area contributed by atoms with Crippen LogP contribution in [0.3, 0.4) is 0 Å². The van der Waals surface area contributed by atoms with Gasteiger partial charge in [0.05, 0.1) is 10.6 Å². The third-order valence-electron chi connectivity index (χ3n) is 5.36. The summed E-state index contributed by atoms with van der Waals surface area (Å²) in [6.45, 7) is 3.58. The van der Waals surface area contributed by atoms with Crippen molar-refractivity contribution in [1.29, 1.82) is 0 Å². The number of nitrogens with zero attached hydrogens (tertiary/aromatic N) is 3. The number of carbonyl (C=O) groups is 2. The fourth-order valence-corrected chi connectivity index (χ4v) is 3.95. The molecular formula is C23H20ClN5O5. The zero-order valence-electron chi connectivity index (χ0n) is 18.3. The highest BCUT2D eigenvalue weighted by molar-refractivity contribution is 6.32. The molecule has 0 bridgehead atoms. The number of furan rings is 1. The van der Waals surface area contributed by atoms with Crippen molar-refractivity contribution in [1.82, 2.24) is 10.4 Å². The summed E-state index contributed by atoms with van der Waals surface area (Å²) in [5.74, 6) is 0.131. The zero-order chi connectivity index (χ0) is 24.4. The lowest BCUT2D eigenvalue weighted by Gasteiger charge is -2.13. The van der Waals surface area contributed by atoms with Crippen molar-refractivity contribution in [3.8, 4) is 0 Å². The molecular weight excluding hydrogens is 462 g/mol. The van der Waals surface area contributed by atoms with Crippen molar-refractivity contribution in [3.05, 3.63) is 85.4 Å². The first-order chi connectivity index (χ1) is 16.2. The maximum Gasteiger partial charge on any atom is 0.292 e. The van der Waals surface area contributed by atoms with Crippen LogP contribution in [0.5, 0.6) is 0 Å². The maximum absolute atomic E-state index is 12.8. The van der Waals surface area contributed by atoms with Gasteiger partial charge >= 0.3 is 0 Å². The van der Waals surface area contributed by atoms with E-state index < -0.39 is 16.7 Å². The lowest BCUT2D eigenvalue weighted by Crippen LogP contribution is -2.22. The van der Waals surface area contributed by atoms with Crippen molar-refractivity contribution in [2.75, 3.05) is 5.32 Å². The van der Waals surface area contributed by atoms with E-state index in [1.54, 1.807) is 19.1 Å². The SMILES string of the molecule is Cc1cccc(NC(=O)c2oc3c(c2C)/C(=N/NC(=O)c2ccc(Cl)c([N+](=O)[O-])c2)CCC3)n1. The van der Waals surface area contributed by atoms with E-state index in [1.165, 1.54) is 12.1 Å². The van der Waals surface area contributed by atoms with Crippen molar-refractivity contribution < 1.29 is 18.9 Å². The highest BCUT2D eigenvalue weighted by Crippen LogP contribution is 2.30. The Morgan fingerprint density at radius 1 is 1.18 bits per heavy atom. The average molecular weight is 482 g/mol. The van der Waals surface area contributed by atoms with Gasteiger partial charge in [-0.2, -0.15) is 5.10 Å². The molecule has 0 spiro atoms. The van der Waals surface area contributed by atoms with Gasteiger partial charge in [0.25, 0.3) is 17.5 Å². The molecule has 11 heteroatoms. The normalized spacial score (nSPS) is 13.9. The predicted octanol–water partition coefficient (Wildman–Crippen LogP) is 4.58. The second-order valence-corrected chi connectivity index (χ2v) is 8.16.